The van der Waals surface area contributed by atoms with Gasteiger partial charge >= 0.3 is 0 Å². The second-order valence-corrected chi connectivity index (χ2v) is 7.93. The molecule has 8 heteroatoms. The minimum Gasteiger partial charge on any atom is -0.479 e. The van der Waals surface area contributed by atoms with E-state index in [0.717, 1.165) is 39.0 Å². The van der Waals surface area contributed by atoms with Crippen molar-refractivity contribution in [1.82, 2.24) is 29.9 Å². The lowest BCUT2D eigenvalue weighted by molar-refractivity contribution is -0.121. The quantitative estimate of drug-likeness (QED) is 0.462. The number of rotatable bonds is 8. The van der Waals surface area contributed by atoms with Crippen LogP contribution in [-0.2, 0) is 31.4 Å². The summed E-state index contributed by atoms with van der Waals surface area (Å²) in [5.41, 5.74) is 6.06. The molecule has 4 rings (SSSR count). The number of nitrogens with one attached hydrogen (secondary N) is 1. The molecule has 0 saturated heterocycles. The van der Waals surface area contributed by atoms with Crippen molar-refractivity contribution < 1.29 is 9.53 Å². The van der Waals surface area contributed by atoms with Crippen LogP contribution in [0.5, 0.6) is 5.88 Å². The lowest BCUT2D eigenvalue weighted by Gasteiger charge is -2.12. The van der Waals surface area contributed by atoms with Gasteiger partial charge in [-0.15, -0.1) is 5.10 Å². The van der Waals surface area contributed by atoms with Crippen LogP contribution < -0.4 is 10.1 Å². The Labute approximate surface area is 187 Å². The van der Waals surface area contributed by atoms with E-state index in [-0.39, 0.29) is 5.91 Å². The normalized spacial score (nSPS) is 11.1. The van der Waals surface area contributed by atoms with Crippen molar-refractivity contribution in [1.29, 1.82) is 0 Å². The first kappa shape index (κ1) is 21.5. The van der Waals surface area contributed by atoms with Crippen LogP contribution in [0.1, 0.15) is 34.4 Å². The highest BCUT2D eigenvalue weighted by Crippen LogP contribution is 2.30. The fraction of sp³-hybridized carbons (Fsp3) is 0.333. The van der Waals surface area contributed by atoms with Gasteiger partial charge in [0.15, 0.2) is 5.65 Å². The van der Waals surface area contributed by atoms with Gasteiger partial charge in [0.05, 0.1) is 19.0 Å². The number of carbonyl (C=O) groups is 1. The summed E-state index contributed by atoms with van der Waals surface area (Å²) in [6.07, 6.45) is 4.71. The number of aryl methyl sites for hydroxylation is 3. The maximum atomic E-state index is 12.6. The smallest absolute Gasteiger partial charge is 0.242 e. The highest BCUT2D eigenvalue weighted by atomic mass is 16.5. The summed E-state index contributed by atoms with van der Waals surface area (Å²) < 4.78 is 9.03. The molecule has 0 saturated carbocycles. The summed E-state index contributed by atoms with van der Waals surface area (Å²) >= 11 is 0. The Morgan fingerprint density at radius 1 is 1.19 bits per heavy atom. The van der Waals surface area contributed by atoms with Crippen LogP contribution in [0.3, 0.4) is 0 Å². The highest BCUT2D eigenvalue weighted by Gasteiger charge is 2.18. The number of hydrogen-bond donors (Lipinski definition) is 1. The number of methoxy groups -OCH3 is 1. The fourth-order valence-electron chi connectivity index (χ4n) is 4.05. The fourth-order valence-corrected chi connectivity index (χ4v) is 4.05. The largest absolute Gasteiger partial charge is 0.479 e. The predicted octanol–water partition coefficient (Wildman–Crippen LogP) is 3.09. The zero-order valence-corrected chi connectivity index (χ0v) is 18.9. The number of nitrogens with zero attached hydrogens (tertiary/aromatic N) is 5. The first-order valence-corrected chi connectivity index (χ1v) is 10.6. The standard InChI is InChI=1S/C24H28N6O2/c1-16-20(17(2)27-23-22(16)24(32-4)28-29(23)3)9-10-21(31)25-14-18-7-5-8-19(13-18)15-30-12-6-11-26-30/h5-8,11-13H,9-10,14-15H2,1-4H3,(H,25,31). The Morgan fingerprint density at radius 3 is 2.75 bits per heavy atom. The van der Waals surface area contributed by atoms with Crippen LogP contribution in [0.15, 0.2) is 42.7 Å². The number of carbonyl (C=O) groups excluding carboxylic acids is 1. The van der Waals surface area contributed by atoms with Gasteiger partial charge in [0, 0.05) is 38.1 Å². The van der Waals surface area contributed by atoms with Crippen molar-refractivity contribution in [3.05, 3.63) is 70.7 Å². The second-order valence-electron chi connectivity index (χ2n) is 7.93. The molecule has 3 heterocycles. The number of hydrogen-bond acceptors (Lipinski definition) is 5. The highest BCUT2D eigenvalue weighted by molar-refractivity contribution is 5.86. The van der Waals surface area contributed by atoms with Gasteiger partial charge in [-0.05, 0) is 48.6 Å². The molecule has 0 bridgehead atoms. The van der Waals surface area contributed by atoms with Gasteiger partial charge in [0.2, 0.25) is 11.8 Å². The molecule has 1 aromatic carbocycles. The van der Waals surface area contributed by atoms with E-state index in [2.05, 4.69) is 27.6 Å². The van der Waals surface area contributed by atoms with E-state index in [1.807, 2.05) is 50.0 Å². The third-order valence-corrected chi connectivity index (χ3v) is 5.70. The minimum atomic E-state index is 0.0135. The van der Waals surface area contributed by atoms with Crippen LogP contribution in [0.4, 0.5) is 0 Å². The van der Waals surface area contributed by atoms with Crippen LogP contribution in [0.25, 0.3) is 11.0 Å². The molecular weight excluding hydrogens is 404 g/mol. The molecule has 4 aromatic rings. The molecule has 0 aliphatic carbocycles. The second kappa shape index (κ2) is 9.21. The zero-order chi connectivity index (χ0) is 22.7. The molecule has 32 heavy (non-hydrogen) atoms. The average Bonchev–Trinajstić information content (AvgIpc) is 3.40. The Bertz CT molecular complexity index is 1240. The molecule has 0 aliphatic rings. The molecule has 3 aromatic heterocycles. The van der Waals surface area contributed by atoms with Gasteiger partial charge in [-0.2, -0.15) is 5.10 Å². The molecule has 1 N–H and O–H groups in total. The molecule has 166 valence electrons. The van der Waals surface area contributed by atoms with E-state index < -0.39 is 0 Å². The Kier molecular flexibility index (Phi) is 6.20. The van der Waals surface area contributed by atoms with E-state index in [0.29, 0.717) is 31.8 Å². The van der Waals surface area contributed by atoms with E-state index in [9.17, 15) is 4.79 Å². The SMILES string of the molecule is COc1nn(C)c2nc(C)c(CCC(=O)NCc3cccc(Cn4cccn4)c3)c(C)c12. The van der Waals surface area contributed by atoms with Crippen LogP contribution >= 0.6 is 0 Å². The third kappa shape index (κ3) is 4.49. The molecule has 0 spiro atoms. The summed E-state index contributed by atoms with van der Waals surface area (Å²) in [7, 11) is 3.46. The first-order chi connectivity index (χ1) is 15.5. The maximum absolute atomic E-state index is 12.6. The van der Waals surface area contributed by atoms with E-state index in [4.69, 9.17) is 9.72 Å². The molecule has 0 fully saturated rings. The van der Waals surface area contributed by atoms with Crippen molar-refractivity contribution in [2.24, 2.45) is 7.05 Å². The number of fused-ring (bicyclic) bond motifs is 1. The van der Waals surface area contributed by atoms with Crippen LogP contribution in [-0.4, -0.2) is 37.6 Å². The van der Waals surface area contributed by atoms with E-state index in [1.54, 1.807) is 18.0 Å². The van der Waals surface area contributed by atoms with E-state index >= 15 is 0 Å². The molecule has 0 unspecified atom stereocenters. The molecule has 0 aliphatic heterocycles. The van der Waals surface area contributed by atoms with Crippen LogP contribution in [0, 0.1) is 13.8 Å². The Balaban J connectivity index is 1.39. The van der Waals surface area contributed by atoms with Gasteiger partial charge in [0.1, 0.15) is 0 Å². The summed E-state index contributed by atoms with van der Waals surface area (Å²) in [5.74, 6) is 0.577. The lowest BCUT2D eigenvalue weighted by atomic mass is 10.00. The lowest BCUT2D eigenvalue weighted by Crippen LogP contribution is -2.23. The Hall–Kier alpha value is -3.68. The van der Waals surface area contributed by atoms with Crippen LogP contribution in [0.2, 0.25) is 0 Å². The average molecular weight is 433 g/mol. The summed E-state index contributed by atoms with van der Waals surface area (Å²) in [6, 6.07) is 10.1. The summed E-state index contributed by atoms with van der Waals surface area (Å²) in [6.45, 7) is 5.22. The molecular formula is C24H28N6O2. The number of aromatic nitrogens is 5. The number of amides is 1. The van der Waals surface area contributed by atoms with Gasteiger partial charge in [0.25, 0.3) is 0 Å². The van der Waals surface area contributed by atoms with Crippen molar-refractivity contribution >= 4 is 16.9 Å². The number of benzene rings is 1. The number of ether oxygens (including phenoxy) is 1. The van der Waals surface area contributed by atoms with Gasteiger partial charge in [-0.3, -0.25) is 9.48 Å². The minimum absolute atomic E-state index is 0.0135. The maximum Gasteiger partial charge on any atom is 0.242 e. The van der Waals surface area contributed by atoms with Crippen molar-refractivity contribution in [3.8, 4) is 5.88 Å². The van der Waals surface area contributed by atoms with Gasteiger partial charge in [-0.25, -0.2) is 9.67 Å². The van der Waals surface area contributed by atoms with Crippen molar-refractivity contribution in [2.45, 2.75) is 39.8 Å². The zero-order valence-electron chi connectivity index (χ0n) is 18.9. The predicted molar refractivity (Wildman–Crippen MR) is 122 cm³/mol. The van der Waals surface area contributed by atoms with Crippen molar-refractivity contribution in [2.75, 3.05) is 7.11 Å². The Morgan fingerprint density at radius 2 is 2.00 bits per heavy atom. The molecule has 8 nitrogen and oxygen atoms in total. The van der Waals surface area contributed by atoms with E-state index in [1.165, 1.54) is 0 Å². The third-order valence-electron chi connectivity index (χ3n) is 5.70. The topological polar surface area (TPSA) is 86.9 Å². The molecule has 0 atom stereocenters. The summed E-state index contributed by atoms with van der Waals surface area (Å²) in [5, 5.41) is 12.6. The van der Waals surface area contributed by atoms with Gasteiger partial charge < -0.3 is 10.1 Å². The number of pyridine rings is 1. The molecule has 0 radical (unpaired) electrons. The van der Waals surface area contributed by atoms with Gasteiger partial charge in [-0.1, -0.05) is 24.3 Å². The molecule has 1 amide bonds. The summed E-state index contributed by atoms with van der Waals surface area (Å²) in [4.78, 5) is 17.3. The first-order valence-electron chi connectivity index (χ1n) is 10.6. The monoisotopic (exact) mass is 432 g/mol. The van der Waals surface area contributed by atoms with Crippen molar-refractivity contribution in [3.63, 3.8) is 0 Å².